The van der Waals surface area contributed by atoms with Crippen molar-refractivity contribution in [2.24, 2.45) is 5.73 Å². The van der Waals surface area contributed by atoms with Gasteiger partial charge in [0.15, 0.2) is 0 Å². The van der Waals surface area contributed by atoms with Gasteiger partial charge in [-0.2, -0.15) is 9.40 Å². The summed E-state index contributed by atoms with van der Waals surface area (Å²) in [6, 6.07) is 9.86. The Balaban J connectivity index is 0.00000210. The smallest absolute Gasteiger partial charge is 0.246 e. The average Bonchev–Trinajstić information content (AvgIpc) is 3.31. The molecule has 2 fully saturated rings. The number of hydrogen-bond donors (Lipinski definition) is 1. The van der Waals surface area contributed by atoms with Gasteiger partial charge in [-0.05, 0) is 18.4 Å². The largest absolute Gasteiger partial charge is 0.381 e. The third-order valence-corrected chi connectivity index (χ3v) is 7.12. The van der Waals surface area contributed by atoms with Gasteiger partial charge in [-0.25, -0.2) is 8.42 Å². The summed E-state index contributed by atoms with van der Waals surface area (Å²) < 4.78 is 34.7. The first-order valence-corrected chi connectivity index (χ1v) is 10.4. The molecule has 1 aromatic carbocycles. The molecule has 27 heavy (non-hydrogen) atoms. The van der Waals surface area contributed by atoms with E-state index in [0.717, 1.165) is 18.4 Å². The van der Waals surface area contributed by atoms with Crippen LogP contribution in [-0.2, 0) is 14.8 Å². The summed E-state index contributed by atoms with van der Waals surface area (Å²) in [5.41, 5.74) is 7.34. The van der Waals surface area contributed by atoms with Gasteiger partial charge in [0, 0.05) is 44.5 Å². The number of rotatable bonds is 4. The summed E-state index contributed by atoms with van der Waals surface area (Å²) >= 11 is 0. The van der Waals surface area contributed by atoms with Crippen LogP contribution in [0.3, 0.4) is 0 Å². The van der Waals surface area contributed by atoms with Crippen LogP contribution in [0.5, 0.6) is 0 Å². The van der Waals surface area contributed by atoms with Crippen molar-refractivity contribution < 1.29 is 13.2 Å². The maximum Gasteiger partial charge on any atom is 0.246 e. The zero-order valence-electron chi connectivity index (χ0n) is 15.0. The molecule has 3 heterocycles. The van der Waals surface area contributed by atoms with E-state index in [4.69, 9.17) is 10.5 Å². The standard InChI is InChI=1S/C18H24N4O3S.ClH/c19-18-13-21(12-17(18)14-4-2-1-3-5-14)26(23,24)16-10-20-22(11-16)15-6-8-25-9-7-15;/h1-5,10-11,15,17-18H,6-9,12-13,19H2;1H/t17-,18+;/m0./s1. The molecule has 0 saturated carbocycles. The Kier molecular flexibility index (Phi) is 6.22. The molecule has 2 N–H and O–H groups in total. The highest BCUT2D eigenvalue weighted by atomic mass is 35.5. The zero-order valence-corrected chi connectivity index (χ0v) is 16.6. The number of sulfonamides is 1. The highest BCUT2D eigenvalue weighted by molar-refractivity contribution is 7.89. The van der Waals surface area contributed by atoms with Gasteiger partial charge in [-0.1, -0.05) is 30.3 Å². The summed E-state index contributed by atoms with van der Waals surface area (Å²) in [7, 11) is -3.59. The molecule has 148 valence electrons. The molecule has 2 atom stereocenters. The molecule has 0 spiro atoms. The molecule has 0 radical (unpaired) electrons. The molecule has 2 aliphatic rings. The molecule has 7 nitrogen and oxygen atoms in total. The van der Waals surface area contributed by atoms with E-state index in [2.05, 4.69) is 5.10 Å². The summed E-state index contributed by atoms with van der Waals surface area (Å²) in [5, 5.41) is 4.30. The molecular weight excluding hydrogens is 388 g/mol. The predicted octanol–water partition coefficient (Wildman–Crippen LogP) is 1.77. The number of nitrogens with zero attached hydrogens (tertiary/aromatic N) is 3. The SMILES string of the molecule is Cl.N[C@@H]1CN(S(=O)(=O)c2cnn(C3CCOCC3)c2)C[C@H]1c1ccccc1. The average molecular weight is 413 g/mol. The van der Waals surface area contributed by atoms with Crippen molar-refractivity contribution in [3.8, 4) is 0 Å². The van der Waals surface area contributed by atoms with Gasteiger partial charge in [0.1, 0.15) is 4.90 Å². The van der Waals surface area contributed by atoms with Crippen LogP contribution in [0.25, 0.3) is 0 Å². The van der Waals surface area contributed by atoms with E-state index in [9.17, 15) is 8.42 Å². The molecule has 0 aliphatic carbocycles. The lowest BCUT2D eigenvalue weighted by molar-refractivity contribution is 0.0662. The van der Waals surface area contributed by atoms with Gasteiger partial charge < -0.3 is 10.5 Å². The van der Waals surface area contributed by atoms with Crippen LogP contribution in [0.2, 0.25) is 0 Å². The molecule has 2 aromatic rings. The summed E-state index contributed by atoms with van der Waals surface area (Å²) in [5.74, 6) is 0.0107. The van der Waals surface area contributed by atoms with Crippen LogP contribution in [0.1, 0.15) is 30.4 Å². The topological polar surface area (TPSA) is 90.5 Å². The van der Waals surface area contributed by atoms with Crippen molar-refractivity contribution >= 4 is 22.4 Å². The fourth-order valence-corrected chi connectivity index (χ4v) is 5.24. The fourth-order valence-electron chi connectivity index (χ4n) is 3.79. The third kappa shape index (κ3) is 4.05. The molecular formula is C18H25ClN4O3S. The second-order valence-electron chi connectivity index (χ2n) is 7.00. The summed E-state index contributed by atoms with van der Waals surface area (Å²) in [6.07, 6.45) is 4.80. The van der Waals surface area contributed by atoms with E-state index < -0.39 is 10.0 Å². The fraction of sp³-hybridized carbons (Fsp3) is 0.500. The molecule has 0 amide bonds. The zero-order chi connectivity index (χ0) is 18.1. The minimum atomic E-state index is -3.59. The Morgan fingerprint density at radius 2 is 1.81 bits per heavy atom. The van der Waals surface area contributed by atoms with E-state index in [0.29, 0.717) is 26.3 Å². The molecule has 2 saturated heterocycles. The van der Waals surface area contributed by atoms with Crippen molar-refractivity contribution in [2.75, 3.05) is 26.3 Å². The predicted molar refractivity (Wildman–Crippen MR) is 104 cm³/mol. The van der Waals surface area contributed by atoms with Crippen molar-refractivity contribution in [1.29, 1.82) is 0 Å². The number of ether oxygens (including phenoxy) is 1. The molecule has 0 unspecified atom stereocenters. The molecule has 1 aromatic heterocycles. The number of benzene rings is 1. The van der Waals surface area contributed by atoms with Crippen molar-refractivity contribution in [2.45, 2.75) is 35.7 Å². The van der Waals surface area contributed by atoms with Crippen molar-refractivity contribution in [3.63, 3.8) is 0 Å². The lowest BCUT2D eigenvalue weighted by Gasteiger charge is -2.22. The number of aromatic nitrogens is 2. The number of hydrogen-bond acceptors (Lipinski definition) is 5. The monoisotopic (exact) mass is 412 g/mol. The third-order valence-electron chi connectivity index (χ3n) is 5.34. The maximum absolute atomic E-state index is 13.0. The minimum absolute atomic E-state index is 0. The number of nitrogens with two attached hydrogens (primary N) is 1. The first-order chi connectivity index (χ1) is 12.6. The van der Waals surface area contributed by atoms with E-state index in [1.807, 2.05) is 30.3 Å². The van der Waals surface area contributed by atoms with Gasteiger partial charge in [0.05, 0.1) is 12.2 Å². The van der Waals surface area contributed by atoms with Gasteiger partial charge in [-0.3, -0.25) is 4.68 Å². The Labute approximate surface area is 165 Å². The van der Waals surface area contributed by atoms with E-state index in [-0.39, 0.29) is 35.3 Å². The van der Waals surface area contributed by atoms with Crippen LogP contribution in [-0.4, -0.2) is 54.8 Å². The maximum atomic E-state index is 13.0. The molecule has 0 bridgehead atoms. The van der Waals surface area contributed by atoms with Crippen molar-refractivity contribution in [3.05, 3.63) is 48.3 Å². The first-order valence-electron chi connectivity index (χ1n) is 8.98. The van der Waals surface area contributed by atoms with Crippen LogP contribution in [0.4, 0.5) is 0 Å². The number of halogens is 1. The highest BCUT2D eigenvalue weighted by Gasteiger charge is 2.39. The summed E-state index contributed by atoms with van der Waals surface area (Å²) in [6.45, 7) is 2.10. The lowest BCUT2D eigenvalue weighted by Crippen LogP contribution is -2.32. The Morgan fingerprint density at radius 1 is 1.11 bits per heavy atom. The van der Waals surface area contributed by atoms with Gasteiger partial charge in [0.25, 0.3) is 0 Å². The quantitative estimate of drug-likeness (QED) is 0.826. The lowest BCUT2D eigenvalue weighted by atomic mass is 9.95. The second-order valence-corrected chi connectivity index (χ2v) is 8.94. The minimum Gasteiger partial charge on any atom is -0.381 e. The Hall–Kier alpha value is -1.45. The normalized spacial score (nSPS) is 24.6. The van der Waals surface area contributed by atoms with E-state index in [1.165, 1.54) is 10.5 Å². The molecule has 4 rings (SSSR count). The van der Waals surface area contributed by atoms with Crippen LogP contribution in [0.15, 0.2) is 47.6 Å². The van der Waals surface area contributed by atoms with E-state index >= 15 is 0 Å². The highest BCUT2D eigenvalue weighted by Crippen LogP contribution is 2.31. The van der Waals surface area contributed by atoms with Gasteiger partial charge in [-0.15, -0.1) is 12.4 Å². The Bertz CT molecular complexity index is 853. The molecule has 9 heteroatoms. The van der Waals surface area contributed by atoms with Crippen LogP contribution in [0, 0.1) is 0 Å². The first kappa shape index (κ1) is 20.3. The second kappa shape index (κ2) is 8.28. The van der Waals surface area contributed by atoms with E-state index in [1.54, 1.807) is 10.9 Å². The van der Waals surface area contributed by atoms with Gasteiger partial charge >= 0.3 is 0 Å². The van der Waals surface area contributed by atoms with Crippen LogP contribution < -0.4 is 5.73 Å². The van der Waals surface area contributed by atoms with Crippen LogP contribution >= 0.6 is 12.4 Å². The Morgan fingerprint density at radius 3 is 2.52 bits per heavy atom. The van der Waals surface area contributed by atoms with Gasteiger partial charge in [0.2, 0.25) is 10.0 Å². The molecule has 2 aliphatic heterocycles. The summed E-state index contributed by atoms with van der Waals surface area (Å²) in [4.78, 5) is 0.241. The van der Waals surface area contributed by atoms with Crippen molar-refractivity contribution in [1.82, 2.24) is 14.1 Å².